The van der Waals surface area contributed by atoms with Crippen molar-refractivity contribution in [2.24, 2.45) is 0 Å². The van der Waals surface area contributed by atoms with Gasteiger partial charge >= 0.3 is 0 Å². The maximum absolute atomic E-state index is 12.4. The fourth-order valence-corrected chi connectivity index (χ4v) is 4.10. The minimum Gasteiger partial charge on any atom is -0.497 e. The summed E-state index contributed by atoms with van der Waals surface area (Å²) in [6.07, 6.45) is 2.47. The highest BCUT2D eigenvalue weighted by Gasteiger charge is 2.28. The van der Waals surface area contributed by atoms with Gasteiger partial charge in [0.2, 0.25) is 5.91 Å². The Morgan fingerprint density at radius 1 is 1.18 bits per heavy atom. The van der Waals surface area contributed by atoms with Crippen LogP contribution in [0.15, 0.2) is 36.4 Å². The molecular formula is C21H24Cl2N2O3. The van der Waals surface area contributed by atoms with Gasteiger partial charge in [0.15, 0.2) is 0 Å². The molecule has 28 heavy (non-hydrogen) atoms. The number of hydrogen-bond acceptors (Lipinski definition) is 4. The van der Waals surface area contributed by atoms with Crippen molar-refractivity contribution in [1.29, 1.82) is 0 Å². The zero-order chi connectivity index (χ0) is 20.1. The number of carbonyl (C=O) groups excluding carboxylic acids is 1. The van der Waals surface area contributed by atoms with Crippen molar-refractivity contribution >= 4 is 34.8 Å². The SMILES string of the molecule is COc1ccc(C2CCCN2CCC(=O)Nc2c(Cl)cccc2Cl)c(OC)c1. The van der Waals surface area contributed by atoms with Crippen LogP contribution < -0.4 is 14.8 Å². The highest BCUT2D eigenvalue weighted by molar-refractivity contribution is 6.39. The van der Waals surface area contributed by atoms with Crippen LogP contribution in [0.25, 0.3) is 0 Å². The number of nitrogens with zero attached hydrogens (tertiary/aromatic N) is 1. The molecule has 0 saturated carbocycles. The third-order valence-electron chi connectivity index (χ3n) is 5.02. The molecule has 150 valence electrons. The van der Waals surface area contributed by atoms with Crippen LogP contribution in [0.3, 0.4) is 0 Å². The van der Waals surface area contributed by atoms with Gasteiger partial charge in [0.25, 0.3) is 0 Å². The number of ether oxygens (including phenoxy) is 2. The summed E-state index contributed by atoms with van der Waals surface area (Å²) in [5.41, 5.74) is 1.58. The molecule has 1 N–H and O–H groups in total. The summed E-state index contributed by atoms with van der Waals surface area (Å²) in [4.78, 5) is 14.7. The first kappa shape index (κ1) is 20.8. The molecule has 1 fully saturated rings. The van der Waals surface area contributed by atoms with Crippen molar-refractivity contribution in [3.8, 4) is 11.5 Å². The van der Waals surface area contributed by atoms with Crippen LogP contribution in [0, 0.1) is 0 Å². The van der Waals surface area contributed by atoms with Crippen molar-refractivity contribution in [3.05, 3.63) is 52.0 Å². The number of amides is 1. The van der Waals surface area contributed by atoms with Crippen molar-refractivity contribution in [1.82, 2.24) is 4.90 Å². The van der Waals surface area contributed by atoms with Gasteiger partial charge in [-0.05, 0) is 37.6 Å². The second-order valence-corrected chi connectivity index (χ2v) is 7.51. The average Bonchev–Trinajstić information content (AvgIpc) is 3.17. The highest BCUT2D eigenvalue weighted by atomic mass is 35.5. The molecule has 0 spiro atoms. The van der Waals surface area contributed by atoms with Crippen LogP contribution in [0.1, 0.15) is 30.9 Å². The minimum atomic E-state index is -0.109. The molecule has 5 nitrogen and oxygen atoms in total. The Hall–Kier alpha value is -1.95. The molecule has 1 aliphatic heterocycles. The van der Waals surface area contributed by atoms with Gasteiger partial charge in [-0.1, -0.05) is 35.3 Å². The number of nitrogens with one attached hydrogen (secondary N) is 1. The summed E-state index contributed by atoms with van der Waals surface area (Å²) in [7, 11) is 3.30. The van der Waals surface area contributed by atoms with E-state index in [9.17, 15) is 4.79 Å². The molecule has 1 amide bonds. The lowest BCUT2D eigenvalue weighted by Gasteiger charge is -2.26. The molecule has 0 bridgehead atoms. The second kappa shape index (κ2) is 9.50. The monoisotopic (exact) mass is 422 g/mol. The third-order valence-corrected chi connectivity index (χ3v) is 5.65. The van der Waals surface area contributed by atoms with E-state index in [1.165, 1.54) is 0 Å². The largest absolute Gasteiger partial charge is 0.497 e. The topological polar surface area (TPSA) is 50.8 Å². The van der Waals surface area contributed by atoms with Crippen molar-refractivity contribution in [3.63, 3.8) is 0 Å². The number of carbonyl (C=O) groups is 1. The first-order valence-electron chi connectivity index (χ1n) is 9.23. The number of para-hydroxylation sites is 1. The number of benzene rings is 2. The summed E-state index contributed by atoms with van der Waals surface area (Å²) in [6.45, 7) is 1.59. The Morgan fingerprint density at radius 2 is 1.93 bits per heavy atom. The number of hydrogen-bond donors (Lipinski definition) is 1. The molecule has 1 heterocycles. The van der Waals surface area contributed by atoms with Gasteiger partial charge < -0.3 is 14.8 Å². The van der Waals surface area contributed by atoms with E-state index in [0.717, 1.165) is 36.4 Å². The number of rotatable bonds is 7. The van der Waals surface area contributed by atoms with E-state index in [0.29, 0.717) is 28.7 Å². The standard InChI is InChI=1S/C21H24Cl2N2O3/c1-27-14-8-9-15(19(13-14)28-2)18-7-4-11-25(18)12-10-20(26)24-21-16(22)5-3-6-17(21)23/h3,5-6,8-9,13,18H,4,7,10-12H2,1-2H3,(H,24,26). The smallest absolute Gasteiger partial charge is 0.225 e. The normalized spacial score (nSPS) is 16.8. The Morgan fingerprint density at radius 3 is 2.61 bits per heavy atom. The Labute approximate surface area is 175 Å². The summed E-state index contributed by atoms with van der Waals surface area (Å²) in [6, 6.07) is 11.3. The fraction of sp³-hybridized carbons (Fsp3) is 0.381. The third kappa shape index (κ3) is 4.72. The number of likely N-dealkylation sites (tertiary alicyclic amines) is 1. The zero-order valence-corrected chi connectivity index (χ0v) is 17.5. The van der Waals surface area contributed by atoms with Crippen LogP contribution in [-0.4, -0.2) is 38.1 Å². The lowest BCUT2D eigenvalue weighted by atomic mass is 10.0. The molecule has 2 aromatic carbocycles. The quantitative estimate of drug-likeness (QED) is 0.667. The van der Waals surface area contributed by atoms with Gasteiger partial charge in [-0.3, -0.25) is 9.69 Å². The highest BCUT2D eigenvalue weighted by Crippen LogP contribution is 2.38. The van der Waals surface area contributed by atoms with Gasteiger partial charge in [0.1, 0.15) is 11.5 Å². The zero-order valence-electron chi connectivity index (χ0n) is 16.0. The minimum absolute atomic E-state index is 0.109. The van der Waals surface area contributed by atoms with Crippen molar-refractivity contribution in [2.75, 3.05) is 32.6 Å². The van der Waals surface area contributed by atoms with Gasteiger partial charge in [0, 0.05) is 30.6 Å². The van der Waals surface area contributed by atoms with E-state index in [4.69, 9.17) is 32.7 Å². The molecule has 0 aliphatic carbocycles. The van der Waals surface area contributed by atoms with Crippen LogP contribution in [0.2, 0.25) is 10.0 Å². The van der Waals surface area contributed by atoms with E-state index in [1.54, 1.807) is 32.4 Å². The van der Waals surface area contributed by atoms with E-state index in [1.807, 2.05) is 18.2 Å². The molecule has 7 heteroatoms. The molecule has 1 aliphatic rings. The maximum atomic E-state index is 12.4. The predicted octanol–water partition coefficient (Wildman–Crippen LogP) is 5.18. The number of halogens is 2. The maximum Gasteiger partial charge on any atom is 0.225 e. The van der Waals surface area contributed by atoms with Crippen LogP contribution in [0.4, 0.5) is 5.69 Å². The number of anilines is 1. The molecular weight excluding hydrogens is 399 g/mol. The number of methoxy groups -OCH3 is 2. The molecule has 0 aromatic heterocycles. The summed E-state index contributed by atoms with van der Waals surface area (Å²) in [5, 5.41) is 3.69. The van der Waals surface area contributed by atoms with Crippen LogP contribution >= 0.6 is 23.2 Å². The van der Waals surface area contributed by atoms with Gasteiger partial charge in [-0.2, -0.15) is 0 Å². The fourth-order valence-electron chi connectivity index (χ4n) is 3.60. The summed E-state index contributed by atoms with van der Waals surface area (Å²) < 4.78 is 10.9. The molecule has 0 radical (unpaired) electrons. The Balaban J connectivity index is 1.65. The van der Waals surface area contributed by atoms with Gasteiger partial charge in [0.05, 0.1) is 30.0 Å². The molecule has 1 atom stereocenters. The van der Waals surface area contributed by atoms with Gasteiger partial charge in [-0.25, -0.2) is 0 Å². The molecule has 1 saturated heterocycles. The Kier molecular flexibility index (Phi) is 7.05. The van der Waals surface area contributed by atoms with E-state index >= 15 is 0 Å². The van der Waals surface area contributed by atoms with Crippen LogP contribution in [-0.2, 0) is 4.79 Å². The average molecular weight is 423 g/mol. The second-order valence-electron chi connectivity index (χ2n) is 6.70. The van der Waals surface area contributed by atoms with Gasteiger partial charge in [-0.15, -0.1) is 0 Å². The molecule has 2 aromatic rings. The molecule has 3 rings (SSSR count). The summed E-state index contributed by atoms with van der Waals surface area (Å²) >= 11 is 12.3. The first-order valence-corrected chi connectivity index (χ1v) is 9.99. The first-order chi connectivity index (χ1) is 13.5. The Bertz CT molecular complexity index is 824. The lowest BCUT2D eigenvalue weighted by molar-refractivity contribution is -0.116. The predicted molar refractivity (Wildman–Crippen MR) is 113 cm³/mol. The van der Waals surface area contributed by atoms with E-state index in [2.05, 4.69) is 10.2 Å². The lowest BCUT2D eigenvalue weighted by Crippen LogP contribution is -2.28. The van der Waals surface area contributed by atoms with Crippen molar-refractivity contribution < 1.29 is 14.3 Å². The molecule has 1 unspecified atom stereocenters. The van der Waals surface area contributed by atoms with E-state index < -0.39 is 0 Å². The summed E-state index contributed by atoms with van der Waals surface area (Å²) in [5.74, 6) is 1.46. The van der Waals surface area contributed by atoms with E-state index in [-0.39, 0.29) is 11.9 Å². The van der Waals surface area contributed by atoms with Crippen molar-refractivity contribution in [2.45, 2.75) is 25.3 Å². The van der Waals surface area contributed by atoms with Crippen LogP contribution in [0.5, 0.6) is 11.5 Å².